The molecule has 0 spiro atoms. The molecule has 1 amide bonds. The summed E-state index contributed by atoms with van der Waals surface area (Å²) in [6.45, 7) is 0.950. The van der Waals surface area contributed by atoms with E-state index in [2.05, 4.69) is 25.6 Å². The van der Waals surface area contributed by atoms with Crippen molar-refractivity contribution < 1.29 is 23.1 Å². The molecule has 166 valence electrons. The molecule has 0 aliphatic heterocycles. The number of nitrogens with zero attached hydrogens (tertiary/aromatic N) is 5. The van der Waals surface area contributed by atoms with Gasteiger partial charge in [0.2, 0.25) is 0 Å². The van der Waals surface area contributed by atoms with E-state index in [0.717, 1.165) is 19.1 Å². The Morgan fingerprint density at radius 1 is 1.16 bits per heavy atom. The maximum atomic E-state index is 12.4. The lowest BCUT2D eigenvalue weighted by Gasteiger charge is -2.15. The second-order valence-electron chi connectivity index (χ2n) is 7.88. The molecule has 0 bridgehead atoms. The van der Waals surface area contributed by atoms with E-state index in [9.17, 15) is 18.0 Å². The first-order valence-electron chi connectivity index (χ1n) is 9.69. The average molecular weight is 456 g/mol. The van der Waals surface area contributed by atoms with Gasteiger partial charge in [-0.25, -0.2) is 18.2 Å². The fourth-order valence-corrected chi connectivity index (χ4v) is 3.77. The average Bonchev–Trinajstić information content (AvgIpc) is 3.37. The van der Waals surface area contributed by atoms with Gasteiger partial charge in [0.15, 0.2) is 14.9 Å². The van der Waals surface area contributed by atoms with E-state index in [4.69, 9.17) is 5.11 Å². The summed E-state index contributed by atoms with van der Waals surface area (Å²) in [4.78, 5) is 31.5. The molecule has 3 heterocycles. The molecular formula is C20H20N6O5S. The summed E-state index contributed by atoms with van der Waals surface area (Å²) in [5.74, 6) is -1.38. The molecule has 11 nitrogen and oxygen atoms in total. The lowest BCUT2D eigenvalue weighted by Crippen LogP contribution is -2.32. The number of amides is 1. The minimum Gasteiger partial charge on any atom is -0.478 e. The summed E-state index contributed by atoms with van der Waals surface area (Å²) in [6, 6.07) is 5.58. The maximum Gasteiger partial charge on any atom is 0.335 e. The van der Waals surface area contributed by atoms with Gasteiger partial charge in [0.25, 0.3) is 5.91 Å². The summed E-state index contributed by atoms with van der Waals surface area (Å²) in [7, 11) is -3.42. The number of carboxylic acids is 1. The third-order valence-corrected chi connectivity index (χ3v) is 6.27. The molecule has 0 unspecified atom stereocenters. The Bertz CT molecular complexity index is 1280. The molecule has 1 aliphatic carbocycles. The SMILES string of the molecule is CS(=O)(=O)c1ccc(C(=O)NCC2(Cn3cc(-c4cc(C(=O)O)ccn4)nn3)CC2)cn1. The Kier molecular flexibility index (Phi) is 5.46. The monoisotopic (exact) mass is 456 g/mol. The van der Waals surface area contributed by atoms with E-state index in [0.29, 0.717) is 24.5 Å². The molecule has 0 aromatic carbocycles. The quantitative estimate of drug-likeness (QED) is 0.505. The van der Waals surface area contributed by atoms with Gasteiger partial charge in [-0.1, -0.05) is 5.21 Å². The lowest BCUT2D eigenvalue weighted by molar-refractivity contribution is 0.0696. The highest BCUT2D eigenvalue weighted by Gasteiger charge is 2.43. The van der Waals surface area contributed by atoms with Crippen molar-refractivity contribution in [2.45, 2.75) is 24.4 Å². The number of rotatable bonds is 8. The number of hydrogen-bond acceptors (Lipinski definition) is 8. The molecule has 2 N–H and O–H groups in total. The van der Waals surface area contributed by atoms with Crippen molar-refractivity contribution in [1.29, 1.82) is 0 Å². The lowest BCUT2D eigenvalue weighted by atomic mass is 10.1. The van der Waals surface area contributed by atoms with Crippen molar-refractivity contribution >= 4 is 21.7 Å². The molecule has 3 aromatic heterocycles. The number of hydrogen-bond donors (Lipinski definition) is 2. The fraction of sp³-hybridized carbons (Fsp3) is 0.300. The largest absolute Gasteiger partial charge is 0.478 e. The third-order valence-electron chi connectivity index (χ3n) is 5.26. The Morgan fingerprint density at radius 2 is 1.94 bits per heavy atom. The van der Waals surface area contributed by atoms with Crippen molar-refractivity contribution in [2.24, 2.45) is 5.41 Å². The van der Waals surface area contributed by atoms with Gasteiger partial charge >= 0.3 is 5.97 Å². The molecule has 12 heteroatoms. The second kappa shape index (κ2) is 8.11. The Balaban J connectivity index is 1.38. The number of sulfone groups is 1. The number of carbonyl (C=O) groups excluding carboxylic acids is 1. The normalized spacial score (nSPS) is 14.7. The fourth-order valence-electron chi connectivity index (χ4n) is 3.21. The van der Waals surface area contributed by atoms with Gasteiger partial charge < -0.3 is 10.4 Å². The zero-order valence-electron chi connectivity index (χ0n) is 17.1. The van der Waals surface area contributed by atoms with Crippen LogP contribution in [0.3, 0.4) is 0 Å². The van der Waals surface area contributed by atoms with Gasteiger partial charge in [0.1, 0.15) is 5.69 Å². The number of nitrogens with one attached hydrogen (secondary N) is 1. The minimum absolute atomic E-state index is 0.0851. The molecule has 1 aliphatic rings. The molecule has 4 rings (SSSR count). The zero-order chi connectivity index (χ0) is 22.9. The van der Waals surface area contributed by atoms with E-state index < -0.39 is 15.8 Å². The Morgan fingerprint density at radius 3 is 2.56 bits per heavy atom. The van der Waals surface area contributed by atoms with Gasteiger partial charge in [-0.2, -0.15) is 0 Å². The van der Waals surface area contributed by atoms with Crippen LogP contribution in [0.4, 0.5) is 0 Å². The van der Waals surface area contributed by atoms with Crippen LogP contribution in [0.15, 0.2) is 47.9 Å². The van der Waals surface area contributed by atoms with Crippen LogP contribution in [-0.4, -0.2) is 63.2 Å². The van der Waals surface area contributed by atoms with Crippen molar-refractivity contribution in [1.82, 2.24) is 30.3 Å². The van der Waals surface area contributed by atoms with E-state index in [-0.39, 0.29) is 27.5 Å². The van der Waals surface area contributed by atoms with Crippen molar-refractivity contribution in [2.75, 3.05) is 12.8 Å². The molecule has 1 saturated carbocycles. The predicted octanol–water partition coefficient (Wildman–Crippen LogP) is 1.05. The molecule has 0 atom stereocenters. The molecular weight excluding hydrogens is 436 g/mol. The first-order valence-corrected chi connectivity index (χ1v) is 11.6. The zero-order valence-corrected chi connectivity index (χ0v) is 17.9. The summed E-state index contributed by atoms with van der Waals surface area (Å²) in [6.07, 6.45) is 7.21. The van der Waals surface area contributed by atoms with E-state index in [1.54, 1.807) is 10.9 Å². The Labute approximate surface area is 183 Å². The van der Waals surface area contributed by atoms with Crippen molar-refractivity contribution in [3.63, 3.8) is 0 Å². The predicted molar refractivity (Wildman–Crippen MR) is 112 cm³/mol. The van der Waals surface area contributed by atoms with Crippen LogP contribution in [0, 0.1) is 5.41 Å². The molecule has 32 heavy (non-hydrogen) atoms. The molecule has 3 aromatic rings. The first-order chi connectivity index (χ1) is 15.2. The highest BCUT2D eigenvalue weighted by molar-refractivity contribution is 7.90. The van der Waals surface area contributed by atoms with Gasteiger partial charge in [0, 0.05) is 37.2 Å². The van der Waals surface area contributed by atoms with Crippen LogP contribution < -0.4 is 5.32 Å². The maximum absolute atomic E-state index is 12.4. The smallest absolute Gasteiger partial charge is 0.335 e. The van der Waals surface area contributed by atoms with E-state index in [1.807, 2.05) is 0 Å². The number of aromatic nitrogens is 5. The first kappa shape index (κ1) is 21.6. The van der Waals surface area contributed by atoms with Crippen LogP contribution in [-0.2, 0) is 16.4 Å². The highest BCUT2D eigenvalue weighted by Crippen LogP contribution is 2.46. The highest BCUT2D eigenvalue weighted by atomic mass is 32.2. The van der Waals surface area contributed by atoms with Crippen LogP contribution in [0.2, 0.25) is 0 Å². The topological polar surface area (TPSA) is 157 Å². The molecule has 0 saturated heterocycles. The van der Waals surface area contributed by atoms with Crippen molar-refractivity contribution in [3.8, 4) is 11.4 Å². The van der Waals surface area contributed by atoms with Crippen LogP contribution in [0.1, 0.15) is 33.6 Å². The molecule has 1 fully saturated rings. The summed E-state index contributed by atoms with van der Waals surface area (Å²) >= 11 is 0. The Hall–Kier alpha value is -3.67. The third kappa shape index (κ3) is 4.80. The van der Waals surface area contributed by atoms with Crippen molar-refractivity contribution in [3.05, 3.63) is 54.0 Å². The summed E-state index contributed by atoms with van der Waals surface area (Å²) in [5, 5.41) is 20.1. The van der Waals surface area contributed by atoms with Gasteiger partial charge in [0.05, 0.1) is 23.0 Å². The number of pyridine rings is 2. The minimum atomic E-state index is -3.42. The van der Waals surface area contributed by atoms with E-state index in [1.165, 1.54) is 36.7 Å². The second-order valence-corrected chi connectivity index (χ2v) is 9.84. The van der Waals surface area contributed by atoms with Gasteiger partial charge in [-0.05, 0) is 37.1 Å². The number of carboxylic acid groups (broad SMARTS) is 1. The van der Waals surface area contributed by atoms with Gasteiger partial charge in [-0.3, -0.25) is 14.5 Å². The van der Waals surface area contributed by atoms with Crippen LogP contribution in [0.5, 0.6) is 0 Å². The van der Waals surface area contributed by atoms with E-state index >= 15 is 0 Å². The molecule has 0 radical (unpaired) electrons. The summed E-state index contributed by atoms with van der Waals surface area (Å²) in [5.41, 5.74) is 1.12. The standard InChI is InChI=1S/C20H20N6O5S/c1-32(30,31)17-3-2-14(9-22-17)18(27)23-11-20(5-6-20)12-26-10-16(24-25-26)15-8-13(19(28)29)4-7-21-15/h2-4,7-10H,5-6,11-12H2,1H3,(H,23,27)(H,28,29). The van der Waals surface area contributed by atoms with Crippen LogP contribution in [0.25, 0.3) is 11.4 Å². The summed E-state index contributed by atoms with van der Waals surface area (Å²) < 4.78 is 24.6. The number of aromatic carboxylic acids is 1. The van der Waals surface area contributed by atoms with Crippen LogP contribution >= 0.6 is 0 Å². The van der Waals surface area contributed by atoms with Gasteiger partial charge in [-0.15, -0.1) is 5.10 Å². The number of carbonyl (C=O) groups is 2.